The number of epoxide rings is 1. The van der Waals surface area contributed by atoms with E-state index in [1.807, 2.05) is 12.3 Å². The number of rotatable bonds is 3. The zero-order valence-corrected chi connectivity index (χ0v) is 18.2. The van der Waals surface area contributed by atoms with Crippen molar-refractivity contribution in [2.45, 2.75) is 56.8 Å². The molecule has 0 bridgehead atoms. The number of piperazine rings is 1. The summed E-state index contributed by atoms with van der Waals surface area (Å²) in [5.41, 5.74) is -0.391. The fourth-order valence-corrected chi connectivity index (χ4v) is 7.44. The van der Waals surface area contributed by atoms with Gasteiger partial charge in [0.25, 0.3) is 5.82 Å². The minimum Gasteiger partial charge on any atom is -0.455 e. The molecule has 6 nitrogen and oxygen atoms in total. The third-order valence-electron chi connectivity index (χ3n) is 9.10. The van der Waals surface area contributed by atoms with Gasteiger partial charge in [0, 0.05) is 17.9 Å². The Morgan fingerprint density at radius 3 is 2.80 bits per heavy atom. The number of aromatic amines is 1. The van der Waals surface area contributed by atoms with Crippen molar-refractivity contribution in [2.24, 2.45) is 23.7 Å². The number of anilines is 1. The van der Waals surface area contributed by atoms with E-state index < -0.39 is 0 Å². The predicted molar refractivity (Wildman–Crippen MR) is 111 cm³/mol. The number of fused-ring (bicyclic) bond motifs is 1. The molecule has 162 valence electrons. The van der Waals surface area contributed by atoms with Gasteiger partial charge in [-0.3, -0.25) is 9.69 Å². The van der Waals surface area contributed by atoms with Crippen LogP contribution in [0.15, 0.2) is 24.4 Å². The monoisotopic (exact) mass is 413 g/mol. The first-order valence-electron chi connectivity index (χ1n) is 12.0. The molecular weight excluding hydrogens is 378 g/mol. The lowest BCUT2D eigenvalue weighted by Gasteiger charge is -2.50. The van der Waals surface area contributed by atoms with E-state index in [9.17, 15) is 4.79 Å². The first kappa shape index (κ1) is 19.1. The minimum absolute atomic E-state index is 0.0383. The van der Waals surface area contributed by atoms with Crippen LogP contribution in [0.5, 0.6) is 0 Å². The number of nitrogens with zero attached hydrogens (tertiary/aromatic N) is 1. The van der Waals surface area contributed by atoms with Gasteiger partial charge in [0.05, 0.1) is 18.3 Å². The molecule has 30 heavy (non-hydrogen) atoms. The van der Waals surface area contributed by atoms with Crippen molar-refractivity contribution in [3.05, 3.63) is 24.4 Å². The Morgan fingerprint density at radius 1 is 1.20 bits per heavy atom. The number of hydrogen-bond donors (Lipinski definition) is 1. The van der Waals surface area contributed by atoms with E-state index in [0.29, 0.717) is 17.8 Å². The van der Waals surface area contributed by atoms with E-state index in [2.05, 4.69) is 35.9 Å². The van der Waals surface area contributed by atoms with Gasteiger partial charge in [-0.1, -0.05) is 13.0 Å². The molecule has 0 aromatic carbocycles. The van der Waals surface area contributed by atoms with E-state index in [-0.39, 0.29) is 29.2 Å². The Morgan fingerprint density at radius 2 is 2.03 bits per heavy atom. The molecule has 0 unspecified atom stereocenters. The lowest BCUT2D eigenvalue weighted by molar-refractivity contribution is -0.903. The summed E-state index contributed by atoms with van der Waals surface area (Å²) in [6, 6.07) is 6.24. The topological polar surface area (TPSA) is 60.7 Å². The summed E-state index contributed by atoms with van der Waals surface area (Å²) in [4.78, 5) is 20.5. The van der Waals surface area contributed by atoms with Crippen LogP contribution < -0.4 is 14.8 Å². The first-order valence-corrected chi connectivity index (χ1v) is 12.0. The fourth-order valence-electron chi connectivity index (χ4n) is 7.44. The average Bonchev–Trinajstić information content (AvgIpc) is 3.39. The third-order valence-corrected chi connectivity index (χ3v) is 9.10. The van der Waals surface area contributed by atoms with Crippen molar-refractivity contribution in [1.82, 2.24) is 0 Å². The summed E-state index contributed by atoms with van der Waals surface area (Å²) < 4.78 is 12.6. The van der Waals surface area contributed by atoms with Crippen molar-refractivity contribution in [3.63, 3.8) is 0 Å². The summed E-state index contributed by atoms with van der Waals surface area (Å²) in [5.74, 6) is 2.73. The van der Waals surface area contributed by atoms with Crippen LogP contribution in [0.25, 0.3) is 0 Å². The highest BCUT2D eigenvalue weighted by Gasteiger charge is 2.77. The van der Waals surface area contributed by atoms with Crippen molar-refractivity contribution >= 4 is 11.8 Å². The molecule has 1 spiro atoms. The summed E-state index contributed by atoms with van der Waals surface area (Å²) >= 11 is 0. The van der Waals surface area contributed by atoms with Crippen LogP contribution in [-0.2, 0) is 14.3 Å². The van der Waals surface area contributed by atoms with Gasteiger partial charge in [-0.25, -0.2) is 4.98 Å². The van der Waals surface area contributed by atoms with Crippen molar-refractivity contribution in [1.29, 1.82) is 0 Å². The lowest BCUT2D eigenvalue weighted by Crippen LogP contribution is -3.15. The molecule has 1 aromatic rings. The molecular formula is C24H35N3O3+2. The normalized spacial score (nSPS) is 45.3. The van der Waals surface area contributed by atoms with Crippen LogP contribution in [0.1, 0.15) is 39.5 Å². The SMILES string of the molecule is C[C@@H]1CC[C@H]2[C@@H](C[NH+]3CCN(c4cccc[nH+]4)CC3)C(=O)O[C@]23[C@H]1CC[C@@]1(C)O[C@@H]31. The number of carbonyl (C=O) groups is 1. The van der Waals surface area contributed by atoms with Crippen molar-refractivity contribution in [2.75, 3.05) is 37.6 Å². The molecule has 6 heteroatoms. The van der Waals surface area contributed by atoms with E-state index in [0.717, 1.165) is 52.0 Å². The average molecular weight is 414 g/mol. The summed E-state index contributed by atoms with van der Waals surface area (Å²) in [5, 5.41) is 0. The number of hydrogen-bond acceptors (Lipinski definition) is 4. The van der Waals surface area contributed by atoms with Gasteiger partial charge in [0.1, 0.15) is 43.8 Å². The van der Waals surface area contributed by atoms with Crippen LogP contribution in [0.3, 0.4) is 0 Å². The molecule has 0 amide bonds. The molecule has 2 N–H and O–H groups in total. The molecule has 1 aromatic heterocycles. The van der Waals surface area contributed by atoms with E-state index >= 15 is 0 Å². The van der Waals surface area contributed by atoms with Crippen LogP contribution in [0.2, 0.25) is 0 Å². The van der Waals surface area contributed by atoms with Gasteiger partial charge < -0.3 is 14.4 Å². The summed E-state index contributed by atoms with van der Waals surface area (Å²) in [7, 11) is 0. The number of aromatic nitrogens is 1. The van der Waals surface area contributed by atoms with Crippen LogP contribution in [0, 0.1) is 23.7 Å². The number of H-pyrrole nitrogens is 1. The highest BCUT2D eigenvalue weighted by Crippen LogP contribution is 2.66. The fraction of sp³-hybridized carbons (Fsp3) is 0.750. The third kappa shape index (κ3) is 2.69. The molecule has 6 rings (SSSR count). The van der Waals surface area contributed by atoms with Crippen LogP contribution in [0.4, 0.5) is 5.82 Å². The highest BCUT2D eigenvalue weighted by atomic mass is 16.7. The second-order valence-electron chi connectivity index (χ2n) is 10.7. The zero-order chi connectivity index (χ0) is 20.5. The number of nitrogens with one attached hydrogen (secondary N) is 2. The Bertz CT molecular complexity index is 826. The Labute approximate surface area is 178 Å². The van der Waals surface area contributed by atoms with Crippen molar-refractivity contribution < 1.29 is 24.2 Å². The molecule has 4 heterocycles. The number of pyridine rings is 1. The molecule has 2 aliphatic carbocycles. The maximum absolute atomic E-state index is 13.2. The Hall–Kier alpha value is -1.66. The lowest BCUT2D eigenvalue weighted by atomic mass is 9.55. The molecule has 3 aliphatic heterocycles. The largest absolute Gasteiger partial charge is 0.455 e. The van der Waals surface area contributed by atoms with Gasteiger partial charge >= 0.3 is 5.97 Å². The minimum atomic E-state index is -0.341. The second kappa shape index (κ2) is 6.67. The highest BCUT2D eigenvalue weighted by molar-refractivity contribution is 5.77. The van der Waals surface area contributed by atoms with Gasteiger partial charge in [0.2, 0.25) is 0 Å². The van der Waals surface area contributed by atoms with Crippen molar-refractivity contribution in [3.8, 4) is 0 Å². The van der Waals surface area contributed by atoms with E-state index in [1.54, 1.807) is 4.90 Å². The van der Waals surface area contributed by atoms with E-state index in [4.69, 9.17) is 9.47 Å². The number of esters is 1. The first-order chi connectivity index (χ1) is 14.5. The Balaban J connectivity index is 1.18. The van der Waals surface area contributed by atoms with Gasteiger partial charge in [-0.2, -0.15) is 0 Å². The molecule has 2 saturated carbocycles. The van der Waals surface area contributed by atoms with Gasteiger partial charge in [-0.05, 0) is 44.6 Å². The molecule has 7 atom stereocenters. The van der Waals surface area contributed by atoms with E-state index in [1.165, 1.54) is 12.2 Å². The quantitative estimate of drug-likeness (QED) is 0.586. The maximum Gasteiger partial charge on any atom is 0.315 e. The standard InChI is InChI=1S/C24H33N3O3/c1-16-6-7-19-17(15-26-11-13-27(14-12-26)20-5-3-4-10-25-20)21(28)29-24(19)18(16)8-9-23(2)22(24)30-23/h3-5,10,16-19,22H,6-9,11-15H2,1-2H3/p+2/t16-,17-,18+,19+,22-,23-,24-/m1/s1. The van der Waals surface area contributed by atoms with Gasteiger partial charge in [-0.15, -0.1) is 0 Å². The predicted octanol–water partition coefficient (Wildman–Crippen LogP) is 0.731. The van der Waals surface area contributed by atoms with Gasteiger partial charge in [0.15, 0.2) is 0 Å². The molecule has 3 saturated heterocycles. The number of carbonyl (C=O) groups excluding carboxylic acids is 1. The van der Waals surface area contributed by atoms with Crippen LogP contribution >= 0.6 is 0 Å². The molecule has 0 radical (unpaired) electrons. The number of quaternary nitrogens is 1. The second-order valence-corrected chi connectivity index (χ2v) is 10.7. The molecule has 5 aliphatic rings. The zero-order valence-electron chi connectivity index (χ0n) is 18.2. The maximum atomic E-state index is 13.2. The summed E-state index contributed by atoms with van der Waals surface area (Å²) in [6.07, 6.45) is 6.71. The van der Waals surface area contributed by atoms with Crippen LogP contribution in [-0.4, -0.2) is 56.0 Å². The molecule has 5 fully saturated rings. The smallest absolute Gasteiger partial charge is 0.315 e. The summed E-state index contributed by atoms with van der Waals surface area (Å²) in [6.45, 7) is 9.70. The Kier molecular flexibility index (Phi) is 4.24. The number of ether oxygens (including phenoxy) is 2.